The fourth-order valence-corrected chi connectivity index (χ4v) is 4.78. The Balaban J connectivity index is 1.71. The van der Waals surface area contributed by atoms with Gasteiger partial charge in [0.2, 0.25) is 0 Å². The van der Waals surface area contributed by atoms with Crippen LogP contribution in [0.5, 0.6) is 0 Å². The lowest BCUT2D eigenvalue weighted by molar-refractivity contribution is 0.265. The van der Waals surface area contributed by atoms with Crippen molar-refractivity contribution >= 4 is 17.3 Å². The molecule has 0 spiro atoms. The van der Waals surface area contributed by atoms with Crippen LogP contribution in [0, 0.1) is 0 Å². The Morgan fingerprint density at radius 1 is 1.19 bits per heavy atom. The van der Waals surface area contributed by atoms with Crippen molar-refractivity contribution in [3.8, 4) is 0 Å². The van der Waals surface area contributed by atoms with Crippen molar-refractivity contribution in [2.75, 3.05) is 27.2 Å². The van der Waals surface area contributed by atoms with Gasteiger partial charge in [-0.25, -0.2) is 0 Å². The zero-order chi connectivity index (χ0) is 18.8. The topological polar surface area (TPSA) is 36.3 Å². The normalized spacial score (nSPS) is 23.4. The van der Waals surface area contributed by atoms with Gasteiger partial charge in [0.25, 0.3) is 0 Å². The van der Waals surface area contributed by atoms with Gasteiger partial charge >= 0.3 is 0 Å². The van der Waals surface area contributed by atoms with Gasteiger partial charge in [0.1, 0.15) is 0 Å². The van der Waals surface area contributed by atoms with Gasteiger partial charge in [-0.05, 0) is 63.4 Å². The monoisotopic (exact) mass is 383 g/mol. The van der Waals surface area contributed by atoms with E-state index in [0.29, 0.717) is 6.04 Å². The van der Waals surface area contributed by atoms with Crippen molar-refractivity contribution in [3.63, 3.8) is 0 Å². The second-order valence-electron chi connectivity index (χ2n) is 7.90. The van der Waals surface area contributed by atoms with Gasteiger partial charge in [-0.15, -0.1) is 0 Å². The van der Waals surface area contributed by atoms with Crippen LogP contribution in [0.1, 0.15) is 55.2 Å². The molecule has 1 N–H and O–H groups in total. The molecule has 3 heterocycles. The molecule has 27 heavy (non-hydrogen) atoms. The van der Waals surface area contributed by atoms with E-state index in [4.69, 9.17) is 12.2 Å². The Morgan fingerprint density at radius 3 is 2.70 bits per heavy atom. The van der Waals surface area contributed by atoms with Crippen LogP contribution in [-0.2, 0) is 0 Å². The molecule has 1 saturated heterocycles. The smallest absolute Gasteiger partial charge is 0.170 e. The molecular formula is C21H29N5S. The summed E-state index contributed by atoms with van der Waals surface area (Å²) in [6.45, 7) is 1.88. The van der Waals surface area contributed by atoms with Crippen molar-refractivity contribution in [2.24, 2.45) is 0 Å². The molecule has 6 heteroatoms. The van der Waals surface area contributed by atoms with Gasteiger partial charge in [-0.1, -0.05) is 18.9 Å². The third-order valence-corrected chi connectivity index (χ3v) is 6.17. The Hall–Kier alpha value is -1.92. The van der Waals surface area contributed by atoms with Crippen LogP contribution < -0.4 is 5.32 Å². The number of hydrogen-bond acceptors (Lipinski definition) is 3. The summed E-state index contributed by atoms with van der Waals surface area (Å²) in [6.07, 6.45) is 9.34. The predicted octanol–water partition coefficient (Wildman–Crippen LogP) is 3.53. The molecule has 0 radical (unpaired) electrons. The standard InChI is InChI=1S/C21H29N5S/c1-24(2)14-15-26-20(18-11-7-13-25(18)16-8-3-4-9-16)19(23-21(26)27)17-10-5-6-12-22-17/h5-7,10-13,16,19-20H,3-4,8-9,14-15H2,1-2H3,(H,23,27)/t19-,20-/m0/s1. The van der Waals surface area contributed by atoms with E-state index >= 15 is 0 Å². The number of hydrogen-bond donors (Lipinski definition) is 1. The predicted molar refractivity (Wildman–Crippen MR) is 113 cm³/mol. The number of aromatic nitrogens is 2. The molecular weight excluding hydrogens is 354 g/mol. The summed E-state index contributed by atoms with van der Waals surface area (Å²) >= 11 is 5.76. The number of rotatable bonds is 6. The molecule has 2 aromatic heterocycles. The third-order valence-electron chi connectivity index (χ3n) is 5.82. The first kappa shape index (κ1) is 18.4. The molecule has 0 bridgehead atoms. The first-order valence-electron chi connectivity index (χ1n) is 9.94. The van der Waals surface area contributed by atoms with Crippen molar-refractivity contribution in [1.82, 2.24) is 24.7 Å². The zero-order valence-corrected chi connectivity index (χ0v) is 17.0. The van der Waals surface area contributed by atoms with Crippen LogP contribution >= 0.6 is 12.2 Å². The van der Waals surface area contributed by atoms with E-state index in [-0.39, 0.29) is 12.1 Å². The van der Waals surface area contributed by atoms with Gasteiger partial charge in [0.05, 0.1) is 17.8 Å². The molecule has 4 rings (SSSR count). The number of thiocarbonyl (C=S) groups is 1. The first-order chi connectivity index (χ1) is 13.1. The Kier molecular flexibility index (Phi) is 5.45. The minimum atomic E-state index is 0.0796. The Bertz CT molecular complexity index is 766. The SMILES string of the molecule is CN(C)CCN1C(=S)N[C@@H](c2ccccn2)[C@@H]1c1cccn1C1CCCC1. The summed E-state index contributed by atoms with van der Waals surface area (Å²) in [5, 5.41) is 4.39. The van der Waals surface area contributed by atoms with Crippen molar-refractivity contribution in [3.05, 3.63) is 54.1 Å². The third kappa shape index (κ3) is 3.73. The maximum Gasteiger partial charge on any atom is 0.170 e. The van der Waals surface area contributed by atoms with Crippen molar-refractivity contribution < 1.29 is 0 Å². The van der Waals surface area contributed by atoms with E-state index in [1.165, 1.54) is 31.4 Å². The summed E-state index contributed by atoms with van der Waals surface area (Å²) in [5.41, 5.74) is 2.40. The number of nitrogens with zero attached hydrogens (tertiary/aromatic N) is 4. The number of nitrogens with one attached hydrogen (secondary N) is 1. The molecule has 0 aromatic carbocycles. The molecule has 1 aliphatic heterocycles. The van der Waals surface area contributed by atoms with Gasteiger partial charge in [0.15, 0.2) is 5.11 Å². The van der Waals surface area contributed by atoms with Gasteiger partial charge in [0, 0.05) is 37.2 Å². The fraction of sp³-hybridized carbons (Fsp3) is 0.524. The Labute approximate surface area is 167 Å². The maximum atomic E-state index is 5.76. The molecule has 0 amide bonds. The molecule has 0 unspecified atom stereocenters. The van der Waals surface area contributed by atoms with E-state index in [1.54, 1.807) is 0 Å². The van der Waals surface area contributed by atoms with Crippen LogP contribution in [-0.4, -0.2) is 51.6 Å². The Morgan fingerprint density at radius 2 is 2.00 bits per heavy atom. The zero-order valence-electron chi connectivity index (χ0n) is 16.2. The highest BCUT2D eigenvalue weighted by Crippen LogP contribution is 2.41. The van der Waals surface area contributed by atoms with Crippen LogP contribution in [0.2, 0.25) is 0 Å². The van der Waals surface area contributed by atoms with E-state index < -0.39 is 0 Å². The van der Waals surface area contributed by atoms with Crippen molar-refractivity contribution in [2.45, 2.75) is 43.8 Å². The van der Waals surface area contributed by atoms with E-state index in [1.807, 2.05) is 12.3 Å². The lowest BCUT2D eigenvalue weighted by Crippen LogP contribution is -2.36. The average Bonchev–Trinajstić information content (AvgIpc) is 3.40. The van der Waals surface area contributed by atoms with Crippen LogP contribution in [0.4, 0.5) is 0 Å². The number of likely N-dealkylation sites (N-methyl/N-ethyl adjacent to an activating group) is 1. The maximum absolute atomic E-state index is 5.76. The summed E-state index contributed by atoms with van der Waals surface area (Å²) in [7, 11) is 4.22. The second kappa shape index (κ2) is 7.98. The minimum absolute atomic E-state index is 0.0796. The molecule has 2 aromatic rings. The molecule has 1 aliphatic carbocycles. The largest absolute Gasteiger partial charge is 0.352 e. The van der Waals surface area contributed by atoms with Crippen LogP contribution in [0.15, 0.2) is 42.7 Å². The highest BCUT2D eigenvalue weighted by atomic mass is 32.1. The quantitative estimate of drug-likeness (QED) is 0.772. The summed E-state index contributed by atoms with van der Waals surface area (Å²) in [5.74, 6) is 0. The van der Waals surface area contributed by atoms with Gasteiger partial charge < -0.3 is 19.7 Å². The van der Waals surface area contributed by atoms with Crippen LogP contribution in [0.25, 0.3) is 0 Å². The summed E-state index contributed by atoms with van der Waals surface area (Å²) < 4.78 is 2.51. The molecule has 2 fully saturated rings. The highest BCUT2D eigenvalue weighted by Gasteiger charge is 2.41. The average molecular weight is 384 g/mol. The first-order valence-corrected chi connectivity index (χ1v) is 10.4. The number of pyridine rings is 1. The summed E-state index contributed by atoms with van der Waals surface area (Å²) in [6, 6.07) is 11.5. The molecule has 2 atom stereocenters. The highest BCUT2D eigenvalue weighted by molar-refractivity contribution is 7.80. The summed E-state index contributed by atoms with van der Waals surface area (Å²) in [4.78, 5) is 9.21. The van der Waals surface area contributed by atoms with Crippen LogP contribution in [0.3, 0.4) is 0 Å². The fourth-order valence-electron chi connectivity index (χ4n) is 4.45. The molecule has 5 nitrogen and oxygen atoms in total. The second-order valence-corrected chi connectivity index (χ2v) is 8.29. The minimum Gasteiger partial charge on any atom is -0.352 e. The van der Waals surface area contributed by atoms with E-state index in [9.17, 15) is 0 Å². The van der Waals surface area contributed by atoms with E-state index in [0.717, 1.165) is 23.9 Å². The lowest BCUT2D eigenvalue weighted by Gasteiger charge is -2.31. The molecule has 144 valence electrons. The lowest BCUT2D eigenvalue weighted by atomic mass is 10.0. The van der Waals surface area contributed by atoms with Gasteiger partial charge in [-0.3, -0.25) is 4.98 Å². The molecule has 2 aliphatic rings. The molecule has 1 saturated carbocycles. The van der Waals surface area contributed by atoms with E-state index in [2.05, 4.69) is 69.2 Å². The van der Waals surface area contributed by atoms with Gasteiger partial charge in [-0.2, -0.15) is 0 Å². The van der Waals surface area contributed by atoms with Crippen molar-refractivity contribution in [1.29, 1.82) is 0 Å².